The molecule has 196 valence electrons. The summed E-state index contributed by atoms with van der Waals surface area (Å²) in [5.74, 6) is -0.433. The Balaban J connectivity index is 1.52. The Labute approximate surface area is 221 Å². The third-order valence-corrected chi connectivity index (χ3v) is 7.97. The zero-order valence-corrected chi connectivity index (χ0v) is 21.5. The standard InChI is InChI=1S/C31H32FN3O3/c1-19-12-14-35-28-15-21(31(36)37)8-10-25(28)29(23-6-2-3-7-26(23)32)30(35)24-11-9-22(16-27(24)34-19)38-18-20-5-4-13-33-17-20/h4-5,8-11,13,15-17,19,23,26,34H,2-3,6-7,12,14,18H2,1H3,(H,36,37)/t19?,23?,26-/m0/s1. The van der Waals surface area contributed by atoms with Gasteiger partial charge in [0, 0.05) is 64.7 Å². The van der Waals surface area contributed by atoms with Crippen LogP contribution in [-0.4, -0.2) is 32.8 Å². The van der Waals surface area contributed by atoms with Crippen LogP contribution in [0.4, 0.5) is 10.1 Å². The molecular formula is C31H32FN3O3. The Morgan fingerprint density at radius 1 is 1.16 bits per heavy atom. The number of carbonyl (C=O) groups is 1. The van der Waals surface area contributed by atoms with Gasteiger partial charge in [-0.15, -0.1) is 0 Å². The highest BCUT2D eigenvalue weighted by Crippen LogP contribution is 2.48. The molecule has 6 nitrogen and oxygen atoms in total. The van der Waals surface area contributed by atoms with Crippen LogP contribution < -0.4 is 10.1 Å². The lowest BCUT2D eigenvalue weighted by Crippen LogP contribution is -2.23. The molecule has 0 spiro atoms. The summed E-state index contributed by atoms with van der Waals surface area (Å²) in [5, 5.41) is 14.3. The number of aryl methyl sites for hydroxylation is 1. The van der Waals surface area contributed by atoms with Gasteiger partial charge in [-0.25, -0.2) is 9.18 Å². The van der Waals surface area contributed by atoms with Gasteiger partial charge >= 0.3 is 5.97 Å². The number of anilines is 1. The van der Waals surface area contributed by atoms with E-state index in [1.807, 2.05) is 30.3 Å². The summed E-state index contributed by atoms with van der Waals surface area (Å²) in [6, 6.07) is 15.4. The lowest BCUT2D eigenvalue weighted by molar-refractivity contribution is 0.0697. The summed E-state index contributed by atoms with van der Waals surface area (Å²) >= 11 is 0. The molecular weight excluding hydrogens is 481 g/mol. The summed E-state index contributed by atoms with van der Waals surface area (Å²) in [7, 11) is 0. The van der Waals surface area contributed by atoms with E-state index in [0.717, 1.165) is 70.4 Å². The highest BCUT2D eigenvalue weighted by Gasteiger charge is 2.34. The van der Waals surface area contributed by atoms with Crippen molar-refractivity contribution in [2.45, 2.75) is 70.3 Å². The molecule has 1 aliphatic carbocycles. The largest absolute Gasteiger partial charge is 0.489 e. The second kappa shape index (κ2) is 10.1. The molecule has 0 saturated heterocycles. The number of aromatic nitrogens is 2. The number of aromatic carboxylic acids is 1. The lowest BCUT2D eigenvalue weighted by atomic mass is 9.80. The van der Waals surface area contributed by atoms with E-state index in [1.165, 1.54) is 0 Å². The zero-order chi connectivity index (χ0) is 26.2. The summed E-state index contributed by atoms with van der Waals surface area (Å²) < 4.78 is 23.9. The summed E-state index contributed by atoms with van der Waals surface area (Å²) in [6.07, 6.45) is 6.72. The van der Waals surface area contributed by atoms with Gasteiger partial charge in [-0.2, -0.15) is 0 Å². The van der Waals surface area contributed by atoms with Gasteiger partial charge in [0.25, 0.3) is 0 Å². The van der Waals surface area contributed by atoms with Crippen LogP contribution >= 0.6 is 0 Å². The minimum Gasteiger partial charge on any atom is -0.489 e. The number of nitrogens with zero attached hydrogens (tertiary/aromatic N) is 2. The molecule has 7 heteroatoms. The molecule has 1 saturated carbocycles. The Bertz CT molecular complexity index is 1480. The molecule has 38 heavy (non-hydrogen) atoms. The van der Waals surface area contributed by atoms with Gasteiger partial charge in [-0.05, 0) is 62.1 Å². The van der Waals surface area contributed by atoms with Crippen molar-refractivity contribution >= 4 is 22.6 Å². The molecule has 6 rings (SSSR count). The normalized spacial score (nSPS) is 21.1. The molecule has 0 amide bonds. The topological polar surface area (TPSA) is 76.4 Å². The van der Waals surface area contributed by atoms with Crippen LogP contribution in [0.3, 0.4) is 0 Å². The van der Waals surface area contributed by atoms with Crippen LogP contribution in [0, 0.1) is 0 Å². The second-order valence-corrected chi connectivity index (χ2v) is 10.5. The van der Waals surface area contributed by atoms with Crippen LogP contribution in [-0.2, 0) is 13.2 Å². The van der Waals surface area contributed by atoms with Gasteiger partial charge in [0.05, 0.1) is 11.3 Å². The number of carboxylic acids is 1. The molecule has 2 aromatic heterocycles. The van der Waals surface area contributed by atoms with E-state index in [2.05, 4.69) is 27.9 Å². The monoisotopic (exact) mass is 513 g/mol. The number of hydrogen-bond donors (Lipinski definition) is 2. The molecule has 0 radical (unpaired) electrons. The number of carboxylic acid groups (broad SMARTS) is 1. The van der Waals surface area contributed by atoms with Crippen molar-refractivity contribution in [3.63, 3.8) is 0 Å². The first-order valence-corrected chi connectivity index (χ1v) is 13.5. The number of benzene rings is 2. The first-order valence-electron chi connectivity index (χ1n) is 13.5. The maximum absolute atomic E-state index is 15.5. The molecule has 2 aliphatic rings. The summed E-state index contributed by atoms with van der Waals surface area (Å²) in [6.45, 7) is 3.27. The molecule has 3 heterocycles. The van der Waals surface area contributed by atoms with E-state index in [4.69, 9.17) is 4.74 Å². The van der Waals surface area contributed by atoms with Crippen LogP contribution in [0.15, 0.2) is 60.9 Å². The average molecular weight is 514 g/mol. The number of halogens is 1. The molecule has 4 aromatic rings. The molecule has 2 unspecified atom stereocenters. The van der Waals surface area contributed by atoms with Crippen LogP contribution in [0.25, 0.3) is 22.2 Å². The Morgan fingerprint density at radius 2 is 2.03 bits per heavy atom. The van der Waals surface area contributed by atoms with Crippen LogP contribution in [0.1, 0.15) is 66.4 Å². The highest BCUT2D eigenvalue weighted by molar-refractivity contribution is 5.99. The Kier molecular flexibility index (Phi) is 6.52. The molecule has 1 aliphatic heterocycles. The molecule has 0 bridgehead atoms. The molecule has 3 atom stereocenters. The fourth-order valence-electron chi connectivity index (χ4n) is 6.07. The fraction of sp³-hybridized carbons (Fsp3) is 0.355. The van der Waals surface area contributed by atoms with E-state index >= 15 is 4.39 Å². The summed E-state index contributed by atoms with van der Waals surface area (Å²) in [4.78, 5) is 16.0. The average Bonchev–Trinajstić information content (AvgIpc) is 3.23. The number of rotatable bonds is 5. The first kappa shape index (κ1) is 24.5. The zero-order valence-electron chi connectivity index (χ0n) is 21.5. The number of hydrogen-bond acceptors (Lipinski definition) is 4. The SMILES string of the molecule is CC1CCn2c(c(C3CCCC[C@@H]3F)c3ccc(C(=O)O)cc32)-c2ccc(OCc3cccnc3)cc2N1. The van der Waals surface area contributed by atoms with Crippen molar-refractivity contribution in [1.82, 2.24) is 9.55 Å². The maximum atomic E-state index is 15.5. The Morgan fingerprint density at radius 3 is 2.82 bits per heavy atom. The van der Waals surface area contributed by atoms with E-state index < -0.39 is 12.1 Å². The van der Waals surface area contributed by atoms with E-state index in [9.17, 15) is 9.90 Å². The number of fused-ring (bicyclic) bond motifs is 5. The van der Waals surface area contributed by atoms with Gasteiger partial charge < -0.3 is 19.7 Å². The van der Waals surface area contributed by atoms with E-state index in [-0.39, 0.29) is 17.5 Å². The minimum absolute atomic E-state index is 0.183. The predicted molar refractivity (Wildman–Crippen MR) is 147 cm³/mol. The smallest absolute Gasteiger partial charge is 0.335 e. The molecule has 2 aromatic carbocycles. The number of ether oxygens (including phenoxy) is 1. The van der Waals surface area contributed by atoms with Crippen molar-refractivity contribution in [2.24, 2.45) is 0 Å². The van der Waals surface area contributed by atoms with Gasteiger partial charge in [-0.1, -0.05) is 25.0 Å². The van der Waals surface area contributed by atoms with E-state index in [1.54, 1.807) is 24.5 Å². The van der Waals surface area contributed by atoms with Crippen LogP contribution in [0.2, 0.25) is 0 Å². The van der Waals surface area contributed by atoms with Crippen molar-refractivity contribution in [1.29, 1.82) is 0 Å². The molecule has 1 fully saturated rings. The van der Waals surface area contributed by atoms with Gasteiger partial charge in [0.15, 0.2) is 0 Å². The highest BCUT2D eigenvalue weighted by atomic mass is 19.1. The van der Waals surface area contributed by atoms with E-state index in [0.29, 0.717) is 19.6 Å². The van der Waals surface area contributed by atoms with Crippen molar-refractivity contribution in [2.75, 3.05) is 5.32 Å². The number of pyridine rings is 1. The van der Waals surface area contributed by atoms with Crippen molar-refractivity contribution in [3.8, 4) is 17.0 Å². The predicted octanol–water partition coefficient (Wildman–Crippen LogP) is 7.18. The van der Waals surface area contributed by atoms with Crippen molar-refractivity contribution in [3.05, 3.63) is 77.6 Å². The van der Waals surface area contributed by atoms with Crippen LogP contribution in [0.5, 0.6) is 5.75 Å². The molecule has 2 N–H and O–H groups in total. The van der Waals surface area contributed by atoms with Gasteiger partial charge in [-0.3, -0.25) is 4.98 Å². The fourth-order valence-corrected chi connectivity index (χ4v) is 6.07. The lowest BCUT2D eigenvalue weighted by Gasteiger charge is -2.29. The maximum Gasteiger partial charge on any atom is 0.335 e. The number of nitrogens with one attached hydrogen (secondary N) is 1. The number of alkyl halides is 1. The summed E-state index contributed by atoms with van der Waals surface area (Å²) in [5.41, 5.74) is 6.03. The first-order chi connectivity index (χ1) is 18.5. The third-order valence-electron chi connectivity index (χ3n) is 7.97. The third kappa shape index (κ3) is 4.51. The minimum atomic E-state index is -0.957. The van der Waals surface area contributed by atoms with Crippen molar-refractivity contribution < 1.29 is 19.0 Å². The quantitative estimate of drug-likeness (QED) is 0.296. The second-order valence-electron chi connectivity index (χ2n) is 10.5. The van der Waals surface area contributed by atoms with Gasteiger partial charge in [0.1, 0.15) is 18.5 Å². The van der Waals surface area contributed by atoms with Gasteiger partial charge in [0.2, 0.25) is 0 Å². The Hall–Kier alpha value is -3.87.